The third-order valence-corrected chi connectivity index (χ3v) is 1.61. The highest BCUT2D eigenvalue weighted by Crippen LogP contribution is 2.39. The zero-order valence-electron chi connectivity index (χ0n) is 6.81. The number of anilines is 1. The van der Waals surface area contributed by atoms with Gasteiger partial charge >= 0.3 is 6.18 Å². The van der Waals surface area contributed by atoms with Crippen LogP contribution in [0.4, 0.5) is 18.9 Å². The van der Waals surface area contributed by atoms with E-state index in [0.717, 1.165) is 6.07 Å². The Morgan fingerprint density at radius 3 is 2.38 bits per heavy atom. The van der Waals surface area contributed by atoms with Gasteiger partial charge in [0.2, 0.25) is 0 Å². The molecule has 0 amide bonds. The van der Waals surface area contributed by atoms with E-state index in [1.54, 1.807) is 0 Å². The molecule has 0 aliphatic carbocycles. The third kappa shape index (κ3) is 1.85. The molecule has 0 aliphatic heterocycles. The van der Waals surface area contributed by atoms with Crippen molar-refractivity contribution in [1.82, 2.24) is 0 Å². The Hall–Kier alpha value is -1.39. The standard InChI is InChI=1S/C8H8F3NO/c1-12-6-4-2-3-5(7(6)13)8(9,10)11/h2-4,12-13H,1H3. The molecule has 0 saturated heterocycles. The Morgan fingerprint density at radius 2 is 1.92 bits per heavy atom. The van der Waals surface area contributed by atoms with Gasteiger partial charge < -0.3 is 10.4 Å². The van der Waals surface area contributed by atoms with E-state index in [0.29, 0.717) is 0 Å². The summed E-state index contributed by atoms with van der Waals surface area (Å²) < 4.78 is 36.5. The molecule has 0 aliphatic rings. The van der Waals surface area contributed by atoms with Crippen LogP contribution in [0.25, 0.3) is 0 Å². The highest BCUT2D eigenvalue weighted by atomic mass is 19.4. The number of aromatic hydroxyl groups is 1. The van der Waals surface area contributed by atoms with Crippen LogP contribution >= 0.6 is 0 Å². The van der Waals surface area contributed by atoms with Crippen molar-refractivity contribution in [3.63, 3.8) is 0 Å². The molecule has 72 valence electrons. The van der Waals surface area contributed by atoms with Crippen LogP contribution in [-0.2, 0) is 6.18 Å². The summed E-state index contributed by atoms with van der Waals surface area (Å²) >= 11 is 0. The van der Waals surface area contributed by atoms with Gasteiger partial charge in [-0.2, -0.15) is 13.2 Å². The molecule has 0 spiro atoms. The summed E-state index contributed by atoms with van der Waals surface area (Å²) in [6, 6.07) is 3.43. The summed E-state index contributed by atoms with van der Waals surface area (Å²) in [5.41, 5.74) is -0.964. The Balaban J connectivity index is 3.24. The van der Waals surface area contributed by atoms with Crippen LogP contribution in [0.3, 0.4) is 0 Å². The molecule has 0 saturated carbocycles. The number of phenols is 1. The topological polar surface area (TPSA) is 32.3 Å². The van der Waals surface area contributed by atoms with Crippen LogP contribution in [0.15, 0.2) is 18.2 Å². The smallest absolute Gasteiger partial charge is 0.420 e. The first-order valence-corrected chi connectivity index (χ1v) is 3.53. The minimum absolute atomic E-state index is 0.0647. The lowest BCUT2D eigenvalue weighted by atomic mass is 10.1. The third-order valence-electron chi connectivity index (χ3n) is 1.61. The van der Waals surface area contributed by atoms with Crippen molar-refractivity contribution in [3.05, 3.63) is 23.8 Å². The maximum Gasteiger partial charge on any atom is 0.420 e. The van der Waals surface area contributed by atoms with Gasteiger partial charge in [0, 0.05) is 7.05 Å². The van der Waals surface area contributed by atoms with Gasteiger partial charge in [-0.25, -0.2) is 0 Å². The van der Waals surface area contributed by atoms with Gasteiger partial charge in [-0.15, -0.1) is 0 Å². The van der Waals surface area contributed by atoms with E-state index in [-0.39, 0.29) is 5.69 Å². The number of phenolic OH excluding ortho intramolecular Hbond substituents is 1. The summed E-state index contributed by atoms with van der Waals surface area (Å²) in [7, 11) is 1.44. The fourth-order valence-corrected chi connectivity index (χ4v) is 0.974. The largest absolute Gasteiger partial charge is 0.505 e. The van der Waals surface area contributed by atoms with Crippen molar-refractivity contribution >= 4 is 5.69 Å². The quantitative estimate of drug-likeness (QED) is 0.668. The molecule has 13 heavy (non-hydrogen) atoms. The molecule has 0 radical (unpaired) electrons. The zero-order chi connectivity index (χ0) is 10.1. The summed E-state index contributed by atoms with van der Waals surface area (Å²) in [5, 5.41) is 11.6. The van der Waals surface area contributed by atoms with Crippen molar-refractivity contribution in [2.24, 2.45) is 0 Å². The molecular weight excluding hydrogens is 183 g/mol. The van der Waals surface area contributed by atoms with E-state index in [4.69, 9.17) is 5.11 Å². The van der Waals surface area contributed by atoms with E-state index in [1.165, 1.54) is 19.2 Å². The highest BCUT2D eigenvalue weighted by Gasteiger charge is 2.34. The monoisotopic (exact) mass is 191 g/mol. The van der Waals surface area contributed by atoms with Crippen LogP contribution in [0.1, 0.15) is 5.56 Å². The number of benzene rings is 1. The van der Waals surface area contributed by atoms with Crippen LogP contribution in [-0.4, -0.2) is 12.2 Å². The molecule has 1 rings (SSSR count). The molecule has 5 heteroatoms. The number of nitrogens with one attached hydrogen (secondary N) is 1. The zero-order valence-corrected chi connectivity index (χ0v) is 6.81. The summed E-state index contributed by atoms with van der Waals surface area (Å²) in [5.74, 6) is -0.766. The van der Waals surface area contributed by atoms with Crippen molar-refractivity contribution in [3.8, 4) is 5.75 Å². The number of hydrogen-bond donors (Lipinski definition) is 2. The first kappa shape index (κ1) is 9.70. The maximum atomic E-state index is 12.2. The molecule has 2 nitrogen and oxygen atoms in total. The molecule has 0 fully saturated rings. The van der Waals surface area contributed by atoms with E-state index in [2.05, 4.69) is 5.32 Å². The van der Waals surface area contributed by atoms with Crippen LogP contribution in [0.5, 0.6) is 5.75 Å². The number of halogens is 3. The van der Waals surface area contributed by atoms with Gasteiger partial charge in [0.25, 0.3) is 0 Å². The Bertz CT molecular complexity index is 309. The average Bonchev–Trinajstić information content (AvgIpc) is 2.02. The molecule has 0 unspecified atom stereocenters. The normalized spacial score (nSPS) is 11.4. The minimum Gasteiger partial charge on any atom is -0.505 e. The number of hydrogen-bond acceptors (Lipinski definition) is 2. The van der Waals surface area contributed by atoms with Crippen molar-refractivity contribution < 1.29 is 18.3 Å². The van der Waals surface area contributed by atoms with Gasteiger partial charge in [0.05, 0.1) is 11.3 Å². The van der Waals surface area contributed by atoms with Crippen LogP contribution < -0.4 is 5.32 Å². The van der Waals surface area contributed by atoms with Gasteiger partial charge in [-0.1, -0.05) is 6.07 Å². The van der Waals surface area contributed by atoms with Crippen LogP contribution in [0.2, 0.25) is 0 Å². The Morgan fingerprint density at radius 1 is 1.31 bits per heavy atom. The number of alkyl halides is 3. The van der Waals surface area contributed by atoms with E-state index >= 15 is 0 Å². The van der Waals surface area contributed by atoms with E-state index in [9.17, 15) is 13.2 Å². The summed E-state index contributed by atoms with van der Waals surface area (Å²) in [4.78, 5) is 0. The molecular formula is C8H8F3NO. The minimum atomic E-state index is -4.52. The highest BCUT2D eigenvalue weighted by molar-refractivity contribution is 5.59. The molecule has 1 aromatic carbocycles. The van der Waals surface area contributed by atoms with Gasteiger partial charge in [0.15, 0.2) is 5.75 Å². The lowest BCUT2D eigenvalue weighted by molar-refractivity contribution is -0.138. The molecule has 0 atom stereocenters. The van der Waals surface area contributed by atoms with Gasteiger partial charge in [-0.05, 0) is 12.1 Å². The molecule has 1 aromatic rings. The van der Waals surface area contributed by atoms with Crippen molar-refractivity contribution in [1.29, 1.82) is 0 Å². The Labute approximate surface area is 73.0 Å². The van der Waals surface area contributed by atoms with Gasteiger partial charge in [-0.3, -0.25) is 0 Å². The van der Waals surface area contributed by atoms with Crippen molar-refractivity contribution in [2.75, 3.05) is 12.4 Å². The maximum absolute atomic E-state index is 12.2. The first-order valence-electron chi connectivity index (χ1n) is 3.53. The molecule has 0 bridgehead atoms. The van der Waals surface area contributed by atoms with Crippen LogP contribution in [0, 0.1) is 0 Å². The number of para-hydroxylation sites is 1. The number of rotatable bonds is 1. The molecule has 0 aromatic heterocycles. The second kappa shape index (κ2) is 3.16. The fourth-order valence-electron chi connectivity index (χ4n) is 0.974. The predicted octanol–water partition coefficient (Wildman–Crippen LogP) is 2.45. The molecule has 2 N–H and O–H groups in total. The molecule has 0 heterocycles. The Kier molecular flexibility index (Phi) is 2.36. The SMILES string of the molecule is CNc1cccc(C(F)(F)F)c1O. The summed E-state index contributed by atoms with van der Waals surface area (Å²) in [6.07, 6.45) is -4.52. The second-order valence-corrected chi connectivity index (χ2v) is 2.45. The fraction of sp³-hybridized carbons (Fsp3) is 0.250. The average molecular weight is 191 g/mol. The summed E-state index contributed by atoms with van der Waals surface area (Å²) in [6.45, 7) is 0. The lowest BCUT2D eigenvalue weighted by Gasteiger charge is -2.11. The lowest BCUT2D eigenvalue weighted by Crippen LogP contribution is -2.06. The first-order chi connectivity index (χ1) is 5.96. The van der Waals surface area contributed by atoms with Crippen molar-refractivity contribution in [2.45, 2.75) is 6.18 Å². The van der Waals surface area contributed by atoms with Gasteiger partial charge in [0.1, 0.15) is 0 Å². The second-order valence-electron chi connectivity index (χ2n) is 2.45. The van der Waals surface area contributed by atoms with E-state index in [1.807, 2.05) is 0 Å². The predicted molar refractivity (Wildman–Crippen MR) is 42.7 cm³/mol. The van der Waals surface area contributed by atoms with E-state index < -0.39 is 17.5 Å².